The molecule has 2 aliphatic rings. The molecule has 2 amide bonds. The van der Waals surface area contributed by atoms with Crippen LogP contribution >= 0.6 is 0 Å². The smallest absolute Gasteiger partial charge is 0.409 e. The highest BCUT2D eigenvalue weighted by Crippen LogP contribution is 2.22. The van der Waals surface area contributed by atoms with Crippen molar-refractivity contribution in [2.45, 2.75) is 19.8 Å². The Hall–Kier alpha value is -1.65. The molecule has 0 aromatic rings. The molecule has 9 nitrogen and oxygen atoms in total. The van der Waals surface area contributed by atoms with Gasteiger partial charge < -0.3 is 15.0 Å². The van der Waals surface area contributed by atoms with Crippen LogP contribution in [0.25, 0.3) is 0 Å². The number of hydrogen-bond donors (Lipinski definition) is 1. The average molecular weight is 388 g/mol. The fraction of sp³-hybridized carbons (Fsp3) is 0.750. The number of carbonyl (C=O) groups is 2. The van der Waals surface area contributed by atoms with E-state index in [0.717, 1.165) is 0 Å². The van der Waals surface area contributed by atoms with Crippen molar-refractivity contribution in [3.63, 3.8) is 0 Å². The maximum atomic E-state index is 12.9. The molecule has 0 bridgehead atoms. The molecule has 10 heteroatoms. The van der Waals surface area contributed by atoms with Crippen molar-refractivity contribution in [1.82, 2.24) is 18.8 Å². The second-order valence-corrected chi connectivity index (χ2v) is 8.25. The Balaban J connectivity index is 1.94. The van der Waals surface area contributed by atoms with Gasteiger partial charge >= 0.3 is 6.09 Å². The van der Waals surface area contributed by atoms with Crippen LogP contribution in [0.5, 0.6) is 0 Å². The summed E-state index contributed by atoms with van der Waals surface area (Å²) < 4.78 is 33.5. The van der Waals surface area contributed by atoms with E-state index >= 15 is 0 Å². The zero-order valence-corrected chi connectivity index (χ0v) is 16.0. The lowest BCUT2D eigenvalue weighted by molar-refractivity contribution is -0.125. The van der Waals surface area contributed by atoms with Crippen molar-refractivity contribution in [3.05, 3.63) is 12.7 Å². The van der Waals surface area contributed by atoms with Gasteiger partial charge in [-0.25, -0.2) is 4.79 Å². The number of nitrogens with zero attached hydrogens (tertiary/aromatic N) is 3. The third-order valence-electron chi connectivity index (χ3n) is 4.59. The maximum absolute atomic E-state index is 12.9. The van der Waals surface area contributed by atoms with Gasteiger partial charge in [0.05, 0.1) is 12.5 Å². The van der Waals surface area contributed by atoms with Crippen molar-refractivity contribution >= 4 is 22.2 Å². The van der Waals surface area contributed by atoms with Crippen LogP contribution < -0.4 is 5.32 Å². The van der Waals surface area contributed by atoms with E-state index in [9.17, 15) is 18.0 Å². The second-order valence-electron chi connectivity index (χ2n) is 6.32. The molecule has 26 heavy (non-hydrogen) atoms. The molecular weight excluding hydrogens is 360 g/mol. The first-order valence-electron chi connectivity index (χ1n) is 8.95. The molecule has 2 heterocycles. The normalized spacial score (nSPS) is 22.7. The van der Waals surface area contributed by atoms with Crippen molar-refractivity contribution in [2.24, 2.45) is 5.92 Å². The molecule has 0 saturated carbocycles. The Morgan fingerprint density at radius 2 is 1.88 bits per heavy atom. The SMILES string of the molecule is C=CCNC(=O)[C@H]1CCCN(S(=O)(=O)N2CCN(C(=O)OCC)CC2)C1. The largest absolute Gasteiger partial charge is 0.450 e. The molecular formula is C16H28N4O5S. The number of nitrogens with one attached hydrogen (secondary N) is 1. The maximum Gasteiger partial charge on any atom is 0.409 e. The van der Waals surface area contributed by atoms with E-state index < -0.39 is 16.3 Å². The van der Waals surface area contributed by atoms with Gasteiger partial charge in [0.25, 0.3) is 10.2 Å². The topological polar surface area (TPSA) is 99.3 Å². The average Bonchev–Trinajstić information content (AvgIpc) is 2.66. The van der Waals surface area contributed by atoms with Crippen LogP contribution in [0.1, 0.15) is 19.8 Å². The van der Waals surface area contributed by atoms with Crippen molar-refractivity contribution in [2.75, 3.05) is 52.4 Å². The van der Waals surface area contributed by atoms with Gasteiger partial charge in [-0.2, -0.15) is 17.0 Å². The summed E-state index contributed by atoms with van der Waals surface area (Å²) in [6.07, 6.45) is 2.50. The first-order valence-corrected chi connectivity index (χ1v) is 10.3. The summed E-state index contributed by atoms with van der Waals surface area (Å²) in [5.41, 5.74) is 0. The number of amides is 2. The van der Waals surface area contributed by atoms with Gasteiger partial charge in [-0.05, 0) is 19.8 Å². The van der Waals surface area contributed by atoms with Crippen molar-refractivity contribution in [1.29, 1.82) is 0 Å². The molecule has 0 radical (unpaired) electrons. The van der Waals surface area contributed by atoms with Crippen molar-refractivity contribution in [3.8, 4) is 0 Å². The van der Waals surface area contributed by atoms with Gasteiger partial charge in [-0.3, -0.25) is 4.79 Å². The third kappa shape index (κ3) is 4.95. The van der Waals surface area contributed by atoms with E-state index in [1.165, 1.54) is 13.5 Å². The molecule has 0 aliphatic carbocycles. The van der Waals surface area contributed by atoms with E-state index in [1.807, 2.05) is 0 Å². The standard InChI is InChI=1S/C16H28N4O5S/c1-3-7-17-15(21)14-6-5-8-20(13-14)26(23,24)19-11-9-18(10-12-19)16(22)25-4-2/h3,14H,1,4-13H2,2H3,(H,17,21)/t14-/m0/s1. The fourth-order valence-electron chi connectivity index (χ4n) is 3.16. The highest BCUT2D eigenvalue weighted by molar-refractivity contribution is 7.86. The molecule has 2 fully saturated rings. The Morgan fingerprint density at radius 1 is 1.19 bits per heavy atom. The first-order chi connectivity index (χ1) is 12.4. The summed E-state index contributed by atoms with van der Waals surface area (Å²) in [7, 11) is -3.65. The predicted octanol–water partition coefficient (Wildman–Crippen LogP) is 0.0195. The van der Waals surface area contributed by atoms with Crippen LogP contribution in [0.2, 0.25) is 0 Å². The Labute approximate surface area is 155 Å². The fourth-order valence-corrected chi connectivity index (χ4v) is 4.84. The highest BCUT2D eigenvalue weighted by atomic mass is 32.2. The minimum absolute atomic E-state index is 0.142. The summed E-state index contributed by atoms with van der Waals surface area (Å²) in [6.45, 7) is 7.60. The quantitative estimate of drug-likeness (QED) is 0.647. The summed E-state index contributed by atoms with van der Waals surface area (Å²) in [6, 6.07) is 0. The first kappa shape index (κ1) is 20.7. The molecule has 2 aliphatic heterocycles. The number of rotatable bonds is 6. The monoisotopic (exact) mass is 388 g/mol. The third-order valence-corrected chi connectivity index (χ3v) is 6.59. The summed E-state index contributed by atoms with van der Waals surface area (Å²) in [5, 5.41) is 2.73. The summed E-state index contributed by atoms with van der Waals surface area (Å²) in [4.78, 5) is 25.4. The van der Waals surface area contributed by atoms with E-state index in [2.05, 4.69) is 11.9 Å². The van der Waals surface area contributed by atoms with E-state index in [-0.39, 0.29) is 31.5 Å². The molecule has 2 rings (SSSR count). The van der Waals surface area contributed by atoms with E-state index in [0.29, 0.717) is 45.6 Å². The van der Waals surface area contributed by atoms with Crippen LogP contribution in [-0.2, 0) is 19.7 Å². The summed E-state index contributed by atoms with van der Waals surface area (Å²) >= 11 is 0. The lowest BCUT2D eigenvalue weighted by Crippen LogP contribution is -2.56. The lowest BCUT2D eigenvalue weighted by Gasteiger charge is -2.38. The van der Waals surface area contributed by atoms with E-state index in [1.54, 1.807) is 13.0 Å². The molecule has 148 valence electrons. The molecule has 0 aromatic heterocycles. The summed E-state index contributed by atoms with van der Waals surface area (Å²) in [5.74, 6) is -0.490. The number of piperidine rings is 1. The molecule has 0 unspecified atom stereocenters. The zero-order valence-electron chi connectivity index (χ0n) is 15.2. The molecule has 1 atom stereocenters. The van der Waals surface area contributed by atoms with Crippen LogP contribution in [0.3, 0.4) is 0 Å². The van der Waals surface area contributed by atoms with Gasteiger partial charge in [-0.1, -0.05) is 6.08 Å². The Morgan fingerprint density at radius 3 is 2.50 bits per heavy atom. The lowest BCUT2D eigenvalue weighted by atomic mass is 9.99. The van der Waals surface area contributed by atoms with Crippen LogP contribution in [0, 0.1) is 5.92 Å². The molecule has 1 N–H and O–H groups in total. The Kier molecular flexibility index (Phi) is 7.42. The molecule has 0 spiro atoms. The predicted molar refractivity (Wildman–Crippen MR) is 96.6 cm³/mol. The number of carbonyl (C=O) groups excluding carboxylic acids is 2. The number of hydrogen-bond acceptors (Lipinski definition) is 5. The minimum Gasteiger partial charge on any atom is -0.450 e. The van der Waals surface area contributed by atoms with E-state index in [4.69, 9.17) is 4.74 Å². The van der Waals surface area contributed by atoms with Gasteiger partial charge in [-0.15, -0.1) is 6.58 Å². The minimum atomic E-state index is -3.65. The van der Waals surface area contributed by atoms with Gasteiger partial charge in [0.2, 0.25) is 5.91 Å². The molecule has 2 saturated heterocycles. The highest BCUT2D eigenvalue weighted by Gasteiger charge is 2.37. The zero-order chi connectivity index (χ0) is 19.2. The van der Waals surface area contributed by atoms with Crippen LogP contribution in [0.4, 0.5) is 4.79 Å². The van der Waals surface area contributed by atoms with Crippen LogP contribution in [0.15, 0.2) is 12.7 Å². The molecule has 0 aromatic carbocycles. The Bertz CT molecular complexity index is 616. The van der Waals surface area contributed by atoms with Crippen LogP contribution in [-0.4, -0.2) is 86.3 Å². The second kappa shape index (κ2) is 9.33. The number of ether oxygens (including phenoxy) is 1. The van der Waals surface area contributed by atoms with Gasteiger partial charge in [0.15, 0.2) is 0 Å². The van der Waals surface area contributed by atoms with Crippen molar-refractivity contribution < 1.29 is 22.7 Å². The van der Waals surface area contributed by atoms with Gasteiger partial charge in [0.1, 0.15) is 0 Å². The van der Waals surface area contributed by atoms with Gasteiger partial charge in [0, 0.05) is 45.8 Å². The number of piperazine rings is 1.